The monoisotopic (exact) mass is 499 g/mol. The molecule has 0 saturated carbocycles. The van der Waals surface area contributed by atoms with Crippen molar-refractivity contribution in [2.75, 3.05) is 11.1 Å². The molecule has 174 valence electrons. The number of nitrogens with zero attached hydrogens (tertiary/aromatic N) is 4. The molecule has 9 heteroatoms. The number of hydrogen-bond acceptors (Lipinski definition) is 7. The quantitative estimate of drug-likeness (QED) is 0.301. The second-order valence-corrected chi connectivity index (χ2v) is 11.7. The third-order valence-corrected chi connectivity index (χ3v) is 9.10. The Morgan fingerprint density at radius 3 is 2.82 bits per heavy atom. The molecule has 3 aromatic rings. The molecular formula is C24H29N5OS3. The van der Waals surface area contributed by atoms with Gasteiger partial charge in [-0.2, -0.15) is 5.26 Å². The lowest BCUT2D eigenvalue weighted by Gasteiger charge is -2.14. The zero-order chi connectivity index (χ0) is 23.5. The number of carbonyl (C=O) groups excluding carboxylic acids is 1. The second kappa shape index (κ2) is 10.4. The first-order valence-electron chi connectivity index (χ1n) is 11.4. The molecule has 0 aromatic carbocycles. The van der Waals surface area contributed by atoms with Gasteiger partial charge in [0, 0.05) is 26.7 Å². The molecule has 3 aromatic heterocycles. The minimum absolute atomic E-state index is 0.117. The first kappa shape index (κ1) is 24.0. The SMILES string of the molecule is CCc1c(-c2nnc(SCC(=O)Nc3sc4c(c3C#N)CCCCC4)n2C(C)C)csc1C. The number of aromatic nitrogens is 3. The highest BCUT2D eigenvalue weighted by Crippen LogP contribution is 2.38. The molecule has 33 heavy (non-hydrogen) atoms. The van der Waals surface area contributed by atoms with Crippen molar-refractivity contribution in [3.8, 4) is 17.5 Å². The summed E-state index contributed by atoms with van der Waals surface area (Å²) in [7, 11) is 0. The number of rotatable bonds is 7. The molecule has 0 bridgehead atoms. The molecule has 0 aliphatic heterocycles. The Labute approximate surface area is 207 Å². The Bertz CT molecular complexity index is 1200. The van der Waals surface area contributed by atoms with E-state index >= 15 is 0 Å². The Morgan fingerprint density at radius 2 is 2.09 bits per heavy atom. The predicted octanol–water partition coefficient (Wildman–Crippen LogP) is 6.39. The fourth-order valence-corrected chi connectivity index (χ4v) is 7.43. The van der Waals surface area contributed by atoms with Crippen molar-refractivity contribution in [2.45, 2.75) is 77.4 Å². The normalized spacial score (nSPS) is 13.6. The number of anilines is 1. The number of carbonyl (C=O) groups is 1. The number of aryl methyl sites for hydroxylation is 2. The maximum Gasteiger partial charge on any atom is 0.235 e. The van der Waals surface area contributed by atoms with Crippen molar-refractivity contribution in [3.63, 3.8) is 0 Å². The topological polar surface area (TPSA) is 83.6 Å². The van der Waals surface area contributed by atoms with Crippen LogP contribution < -0.4 is 5.32 Å². The van der Waals surface area contributed by atoms with Crippen LogP contribution in [-0.2, 0) is 24.1 Å². The van der Waals surface area contributed by atoms with E-state index < -0.39 is 0 Å². The first-order valence-corrected chi connectivity index (χ1v) is 14.1. The van der Waals surface area contributed by atoms with Gasteiger partial charge in [0.2, 0.25) is 5.91 Å². The van der Waals surface area contributed by atoms with E-state index in [1.807, 2.05) is 0 Å². The molecule has 0 atom stereocenters. The van der Waals surface area contributed by atoms with Gasteiger partial charge in [0.25, 0.3) is 0 Å². The average molecular weight is 500 g/mol. The number of fused-ring (bicyclic) bond motifs is 1. The summed E-state index contributed by atoms with van der Waals surface area (Å²) in [5.41, 5.74) is 4.24. The summed E-state index contributed by atoms with van der Waals surface area (Å²) in [4.78, 5) is 15.4. The lowest BCUT2D eigenvalue weighted by molar-refractivity contribution is -0.113. The van der Waals surface area contributed by atoms with Gasteiger partial charge in [0.15, 0.2) is 11.0 Å². The number of thioether (sulfide) groups is 1. The summed E-state index contributed by atoms with van der Waals surface area (Å²) in [6.45, 7) is 8.52. The van der Waals surface area contributed by atoms with Crippen molar-refractivity contribution in [1.82, 2.24) is 14.8 Å². The molecule has 0 unspecified atom stereocenters. The van der Waals surface area contributed by atoms with E-state index in [4.69, 9.17) is 0 Å². The minimum Gasteiger partial charge on any atom is -0.316 e. The van der Waals surface area contributed by atoms with Crippen LogP contribution in [0.4, 0.5) is 5.00 Å². The minimum atomic E-state index is -0.117. The van der Waals surface area contributed by atoms with Gasteiger partial charge < -0.3 is 5.32 Å². The third-order valence-electron chi connectivity index (χ3n) is 6.00. The summed E-state index contributed by atoms with van der Waals surface area (Å²) in [5, 5.41) is 25.2. The van der Waals surface area contributed by atoms with E-state index in [2.05, 4.69) is 59.2 Å². The lowest BCUT2D eigenvalue weighted by atomic mass is 10.1. The molecule has 0 saturated heterocycles. The van der Waals surface area contributed by atoms with Crippen LogP contribution >= 0.6 is 34.4 Å². The highest BCUT2D eigenvalue weighted by atomic mass is 32.2. The highest BCUT2D eigenvalue weighted by Gasteiger charge is 2.23. The molecule has 4 rings (SSSR count). The maximum atomic E-state index is 12.8. The summed E-state index contributed by atoms with van der Waals surface area (Å²) in [5.74, 6) is 0.970. The van der Waals surface area contributed by atoms with Gasteiger partial charge in [-0.15, -0.1) is 32.9 Å². The maximum absolute atomic E-state index is 12.8. The molecule has 6 nitrogen and oxygen atoms in total. The van der Waals surface area contributed by atoms with Crippen LogP contribution in [0.25, 0.3) is 11.4 Å². The predicted molar refractivity (Wildman–Crippen MR) is 137 cm³/mol. The Hall–Kier alpha value is -2.15. The van der Waals surface area contributed by atoms with Crippen molar-refractivity contribution >= 4 is 45.3 Å². The molecule has 1 aliphatic carbocycles. The Balaban J connectivity index is 1.50. The van der Waals surface area contributed by atoms with Gasteiger partial charge in [0.05, 0.1) is 11.3 Å². The van der Waals surface area contributed by atoms with Crippen LogP contribution in [0.5, 0.6) is 0 Å². The fraction of sp³-hybridized carbons (Fsp3) is 0.500. The lowest BCUT2D eigenvalue weighted by Crippen LogP contribution is -2.15. The molecular weight excluding hydrogens is 470 g/mol. The Kier molecular flexibility index (Phi) is 7.57. The van der Waals surface area contributed by atoms with E-state index in [-0.39, 0.29) is 17.7 Å². The molecule has 1 N–H and O–H groups in total. The number of hydrogen-bond donors (Lipinski definition) is 1. The van der Waals surface area contributed by atoms with Crippen molar-refractivity contribution in [2.24, 2.45) is 0 Å². The standard InChI is InChI=1S/C24H29N5OS3/c1-5-16-15(4)31-12-19(16)22-27-28-24(29(22)14(2)3)32-13-21(30)26-23-18(11-25)17-9-7-6-8-10-20(17)33-23/h12,14H,5-10,13H2,1-4H3,(H,26,30). The number of nitrogens with one attached hydrogen (secondary N) is 1. The zero-order valence-electron chi connectivity index (χ0n) is 19.5. The van der Waals surface area contributed by atoms with Crippen LogP contribution in [0, 0.1) is 18.3 Å². The van der Waals surface area contributed by atoms with E-state index in [0.29, 0.717) is 10.6 Å². The van der Waals surface area contributed by atoms with E-state index in [1.165, 1.54) is 33.5 Å². The van der Waals surface area contributed by atoms with E-state index in [0.717, 1.165) is 54.2 Å². The van der Waals surface area contributed by atoms with Crippen LogP contribution in [0.15, 0.2) is 10.5 Å². The van der Waals surface area contributed by atoms with Crippen LogP contribution in [-0.4, -0.2) is 26.4 Å². The van der Waals surface area contributed by atoms with Gasteiger partial charge in [-0.3, -0.25) is 9.36 Å². The number of thiophene rings is 2. The number of amides is 1. The summed E-state index contributed by atoms with van der Waals surface area (Å²) >= 11 is 4.70. The van der Waals surface area contributed by atoms with Crippen LogP contribution in [0.2, 0.25) is 0 Å². The smallest absolute Gasteiger partial charge is 0.235 e. The number of nitriles is 1. The van der Waals surface area contributed by atoms with Crippen LogP contribution in [0.1, 0.15) is 72.5 Å². The molecule has 3 heterocycles. The summed E-state index contributed by atoms with van der Waals surface area (Å²) in [6.07, 6.45) is 6.35. The van der Waals surface area contributed by atoms with Crippen molar-refractivity contribution in [3.05, 3.63) is 31.8 Å². The summed E-state index contributed by atoms with van der Waals surface area (Å²) in [6, 6.07) is 2.50. The molecule has 1 amide bonds. The van der Waals surface area contributed by atoms with Gasteiger partial charge in [-0.25, -0.2) is 0 Å². The summed E-state index contributed by atoms with van der Waals surface area (Å²) < 4.78 is 2.12. The van der Waals surface area contributed by atoms with Gasteiger partial charge in [-0.1, -0.05) is 25.1 Å². The Morgan fingerprint density at radius 1 is 1.30 bits per heavy atom. The van der Waals surface area contributed by atoms with Gasteiger partial charge in [-0.05, 0) is 64.0 Å². The molecule has 1 aliphatic rings. The van der Waals surface area contributed by atoms with Gasteiger partial charge >= 0.3 is 0 Å². The molecule has 0 spiro atoms. The molecule has 0 fully saturated rings. The van der Waals surface area contributed by atoms with E-state index in [9.17, 15) is 10.1 Å². The van der Waals surface area contributed by atoms with Crippen LogP contribution in [0.3, 0.4) is 0 Å². The average Bonchev–Trinajstić information content (AvgIpc) is 3.41. The third kappa shape index (κ3) is 4.88. The second-order valence-electron chi connectivity index (χ2n) is 8.52. The first-order chi connectivity index (χ1) is 15.9. The van der Waals surface area contributed by atoms with E-state index in [1.54, 1.807) is 22.7 Å². The fourth-order valence-electron chi connectivity index (χ4n) is 4.37. The highest BCUT2D eigenvalue weighted by molar-refractivity contribution is 7.99. The van der Waals surface area contributed by atoms with Crippen molar-refractivity contribution < 1.29 is 4.79 Å². The zero-order valence-corrected chi connectivity index (χ0v) is 22.0. The van der Waals surface area contributed by atoms with Crippen molar-refractivity contribution in [1.29, 1.82) is 5.26 Å². The largest absolute Gasteiger partial charge is 0.316 e. The molecule has 0 radical (unpaired) electrons. The van der Waals surface area contributed by atoms with Gasteiger partial charge in [0.1, 0.15) is 11.1 Å².